The van der Waals surface area contributed by atoms with E-state index in [0.29, 0.717) is 34.6 Å². The molecule has 1 fully saturated rings. The summed E-state index contributed by atoms with van der Waals surface area (Å²) in [5.41, 5.74) is 7.09. The third-order valence-corrected chi connectivity index (χ3v) is 13.8. The summed E-state index contributed by atoms with van der Waals surface area (Å²) in [6.45, 7) is 12.4. The Labute approximate surface area is 428 Å². The number of ether oxygens (including phenoxy) is 4. The molecule has 72 heavy (non-hydrogen) atoms. The molecule has 7 rings (SSSR count). The molecular weight excluding hydrogens is 962 g/mol. The second kappa shape index (κ2) is 24.6. The van der Waals surface area contributed by atoms with Crippen molar-refractivity contribution in [2.24, 2.45) is 16.3 Å². The maximum absolute atomic E-state index is 14.0. The number of carbonyl (C=O) groups excluding carboxylic acids is 4. The number of nitrogens with zero attached hydrogens (tertiary/aromatic N) is 6. The summed E-state index contributed by atoms with van der Waals surface area (Å²) in [6, 6.07) is 18.5. The molecule has 0 bridgehead atoms. The van der Waals surface area contributed by atoms with Crippen LogP contribution in [0.5, 0.6) is 5.75 Å². The summed E-state index contributed by atoms with van der Waals surface area (Å²) in [6.07, 6.45) is -0.329. The lowest BCUT2D eigenvalue weighted by Gasteiger charge is -2.35. The number of aliphatic imine (C=N–C) groups is 1. The molecule has 2 aliphatic heterocycles. The zero-order chi connectivity index (χ0) is 51.5. The van der Waals surface area contributed by atoms with Gasteiger partial charge in [0.05, 0.1) is 79.6 Å². The van der Waals surface area contributed by atoms with E-state index in [9.17, 15) is 24.3 Å². The Morgan fingerprint density at radius 2 is 1.60 bits per heavy atom. The third-order valence-electron chi connectivity index (χ3n) is 12.6. The number of carbonyl (C=O) groups is 4. The van der Waals surface area contributed by atoms with Gasteiger partial charge in [0.15, 0.2) is 5.82 Å². The normalized spacial score (nSPS) is 17.3. The summed E-state index contributed by atoms with van der Waals surface area (Å²) in [4.78, 5) is 66.4. The van der Waals surface area contributed by atoms with Crippen LogP contribution in [-0.4, -0.2) is 137 Å². The Kier molecular flexibility index (Phi) is 18.3. The quantitative estimate of drug-likeness (QED) is 0.0626. The second-order valence-corrected chi connectivity index (χ2v) is 20.1. The Morgan fingerprint density at radius 1 is 0.903 bits per heavy atom. The molecule has 18 nitrogen and oxygen atoms in total. The van der Waals surface area contributed by atoms with Crippen molar-refractivity contribution in [2.45, 2.75) is 85.2 Å². The molecule has 5 atom stereocenters. The number of rotatable bonds is 22. The van der Waals surface area contributed by atoms with Crippen molar-refractivity contribution in [3.63, 3.8) is 0 Å². The molecule has 0 radical (unpaired) electrons. The topological polar surface area (TPSA) is 221 Å². The van der Waals surface area contributed by atoms with E-state index in [1.807, 2.05) is 118 Å². The molecule has 2 aromatic heterocycles. The van der Waals surface area contributed by atoms with E-state index in [4.69, 9.17) is 35.5 Å². The predicted octanol–water partition coefficient (Wildman–Crippen LogP) is 5.56. The van der Waals surface area contributed by atoms with Gasteiger partial charge in [0.25, 0.3) is 0 Å². The molecular formula is C52H64ClN9O9S. The van der Waals surface area contributed by atoms with Gasteiger partial charge < -0.3 is 44.9 Å². The first-order chi connectivity index (χ1) is 34.6. The van der Waals surface area contributed by atoms with Gasteiger partial charge in [0, 0.05) is 42.2 Å². The van der Waals surface area contributed by atoms with Crippen molar-refractivity contribution < 1.29 is 43.2 Å². The number of aryl methyl sites for hydroxylation is 2. The lowest BCUT2D eigenvalue weighted by molar-refractivity contribution is -0.144. The van der Waals surface area contributed by atoms with Crippen molar-refractivity contribution in [3.05, 3.63) is 111 Å². The highest BCUT2D eigenvalue weighted by atomic mass is 35.5. The monoisotopic (exact) mass is 1030 g/mol. The van der Waals surface area contributed by atoms with E-state index in [2.05, 4.69) is 31.1 Å². The van der Waals surface area contributed by atoms with Crippen LogP contribution in [-0.2, 0) is 39.9 Å². The van der Waals surface area contributed by atoms with Crippen LogP contribution >= 0.6 is 22.9 Å². The largest absolute Gasteiger partial charge is 0.497 e. The molecule has 5 aromatic rings. The van der Waals surface area contributed by atoms with Gasteiger partial charge in [-0.15, -0.1) is 21.5 Å². The molecule has 0 saturated carbocycles. The molecule has 2 aliphatic rings. The van der Waals surface area contributed by atoms with E-state index < -0.39 is 47.4 Å². The fourth-order valence-corrected chi connectivity index (χ4v) is 9.72. The van der Waals surface area contributed by atoms with E-state index in [1.54, 1.807) is 18.4 Å². The average molecular weight is 1030 g/mol. The number of methoxy groups -OCH3 is 1. The minimum Gasteiger partial charge on any atom is -0.497 e. The van der Waals surface area contributed by atoms with Crippen molar-refractivity contribution in [3.8, 4) is 21.9 Å². The molecule has 3 aromatic carbocycles. The number of nitrogens with one attached hydrogen (secondary N) is 3. The smallest absolute Gasteiger partial charge is 0.246 e. The second-order valence-electron chi connectivity index (χ2n) is 18.8. The van der Waals surface area contributed by atoms with E-state index >= 15 is 0 Å². The molecule has 384 valence electrons. The summed E-state index contributed by atoms with van der Waals surface area (Å²) >= 11 is 7.83. The number of fused-ring (bicyclic) bond motifs is 3. The minimum atomic E-state index is -0.991. The maximum atomic E-state index is 14.0. The van der Waals surface area contributed by atoms with Crippen LogP contribution in [0.15, 0.2) is 77.2 Å². The summed E-state index contributed by atoms with van der Waals surface area (Å²) in [5, 5.41) is 28.8. The number of amides is 4. The Morgan fingerprint density at radius 3 is 2.26 bits per heavy atom. The first-order valence-corrected chi connectivity index (χ1v) is 25.3. The summed E-state index contributed by atoms with van der Waals surface area (Å²) in [5.74, 6) is -0.265. The number of halogens is 1. The predicted molar refractivity (Wildman–Crippen MR) is 273 cm³/mol. The Balaban J connectivity index is 0.822. The maximum Gasteiger partial charge on any atom is 0.246 e. The SMILES string of the molecule is CC[C@@H](C(=O)NCCOCCOCCOCC(=O)N[C@H](C(=O)N1C[C@H](O)C[C@H]1C(=O)NCc1ccc(-c2scnc2C)cc1)C(C)(C)C)[C@@H]1N=C(c2ccc(Cl)cc2)c2cc(OC)ccc2-n2c(C)nnc21. The van der Waals surface area contributed by atoms with Gasteiger partial charge in [-0.2, -0.15) is 0 Å². The van der Waals surface area contributed by atoms with Crippen LogP contribution in [0.4, 0.5) is 0 Å². The molecule has 1 saturated heterocycles. The highest BCUT2D eigenvalue weighted by molar-refractivity contribution is 7.13. The minimum absolute atomic E-state index is 0.0326. The van der Waals surface area contributed by atoms with Crippen LogP contribution in [0.25, 0.3) is 16.1 Å². The highest BCUT2D eigenvalue weighted by Crippen LogP contribution is 2.38. The highest BCUT2D eigenvalue weighted by Gasteiger charge is 2.44. The molecule has 4 amide bonds. The number of benzene rings is 3. The fraction of sp³-hybridized carbons (Fsp3) is 0.462. The Bertz CT molecular complexity index is 2700. The van der Waals surface area contributed by atoms with E-state index in [1.165, 1.54) is 4.90 Å². The number of hydrogen-bond acceptors (Lipinski definition) is 14. The third kappa shape index (κ3) is 13.1. The molecule has 4 N–H and O–H groups in total. The first-order valence-electron chi connectivity index (χ1n) is 24.1. The number of aromatic nitrogens is 4. The number of aliphatic hydroxyl groups is 1. The number of hydrogen-bond donors (Lipinski definition) is 4. The molecule has 4 heterocycles. The van der Waals surface area contributed by atoms with Gasteiger partial charge in [-0.3, -0.25) is 28.7 Å². The first kappa shape index (κ1) is 53.7. The summed E-state index contributed by atoms with van der Waals surface area (Å²) in [7, 11) is 1.61. The Hall–Kier alpha value is -6.09. The van der Waals surface area contributed by atoms with Crippen molar-refractivity contribution in [2.75, 3.05) is 59.8 Å². The van der Waals surface area contributed by atoms with Crippen molar-refractivity contribution in [1.29, 1.82) is 0 Å². The van der Waals surface area contributed by atoms with E-state index in [-0.39, 0.29) is 77.5 Å². The lowest BCUT2D eigenvalue weighted by Crippen LogP contribution is -2.58. The zero-order valence-electron chi connectivity index (χ0n) is 41.8. The number of thiazole rings is 1. The van der Waals surface area contributed by atoms with Crippen molar-refractivity contribution in [1.82, 2.24) is 40.6 Å². The van der Waals surface area contributed by atoms with Gasteiger partial charge in [-0.25, -0.2) is 4.98 Å². The van der Waals surface area contributed by atoms with E-state index in [0.717, 1.165) is 38.5 Å². The number of aliphatic hydroxyl groups excluding tert-OH is 1. The van der Waals surface area contributed by atoms with Crippen molar-refractivity contribution >= 4 is 52.3 Å². The van der Waals surface area contributed by atoms with Gasteiger partial charge in [0.1, 0.15) is 36.3 Å². The molecule has 0 unspecified atom stereocenters. The van der Waals surface area contributed by atoms with Crippen LogP contribution in [0.2, 0.25) is 5.02 Å². The molecule has 20 heteroatoms. The van der Waals surface area contributed by atoms with Gasteiger partial charge in [-0.1, -0.05) is 75.7 Å². The van der Waals surface area contributed by atoms with Gasteiger partial charge >= 0.3 is 0 Å². The standard InChI is InChI=1S/C52H64ClN9O9S/c1-8-39(45-48-60-59-32(3)62(48)41-18-17-38(68-7)26-40(41)44(58-45)34-13-15-36(53)16-14-34)49(65)54-19-20-69-21-22-70-23-24-71-29-43(64)57-47(52(4,5)6)51(67)61-28-37(63)25-42(61)50(66)55-27-33-9-11-35(12-10-33)46-31(2)56-30-72-46/h9-18,26,30,37,39,42,45,47,63H,8,19-25,27-29H2,1-7H3,(H,54,65)(H,55,66)(H,57,64)/t37-,39-,42+,45+,47-/m1/s1. The fourth-order valence-electron chi connectivity index (χ4n) is 8.79. The number of likely N-dealkylation sites (tertiary alicyclic amines) is 1. The molecule has 0 spiro atoms. The lowest BCUT2D eigenvalue weighted by atomic mass is 9.85. The average Bonchev–Trinajstić information content (AvgIpc) is 4.07. The zero-order valence-corrected chi connectivity index (χ0v) is 43.3. The van der Waals surface area contributed by atoms with Crippen LogP contribution in [0.3, 0.4) is 0 Å². The number of β-amino-alcohol motifs (C(OH)–C–C–N with tert-alkyl or cyclic N) is 1. The van der Waals surface area contributed by atoms with Crippen LogP contribution in [0, 0.1) is 25.2 Å². The van der Waals surface area contributed by atoms with Crippen LogP contribution < -0.4 is 20.7 Å². The van der Waals surface area contributed by atoms with Crippen LogP contribution in [0.1, 0.15) is 80.6 Å². The molecule has 0 aliphatic carbocycles. The van der Waals surface area contributed by atoms with Gasteiger partial charge in [0.2, 0.25) is 23.6 Å². The van der Waals surface area contributed by atoms with Gasteiger partial charge in [-0.05, 0) is 67.1 Å². The summed E-state index contributed by atoms with van der Waals surface area (Å²) < 4.78 is 24.5.